The van der Waals surface area contributed by atoms with Gasteiger partial charge in [0.25, 0.3) is 0 Å². The van der Waals surface area contributed by atoms with Crippen molar-refractivity contribution in [1.29, 1.82) is 0 Å². The van der Waals surface area contributed by atoms with Crippen molar-refractivity contribution in [3.8, 4) is 0 Å². The maximum Gasteiger partial charge on any atom is -0.000695 e. The van der Waals surface area contributed by atoms with Crippen LogP contribution in [0.4, 0.5) is 0 Å². The second-order valence-electron chi connectivity index (χ2n) is 0.378. The van der Waals surface area contributed by atoms with E-state index in [-0.39, 0.29) is 0 Å². The predicted octanol–water partition coefficient (Wildman–Crippen LogP) is 0.719. The van der Waals surface area contributed by atoms with Crippen LogP contribution in [0.15, 0.2) is 0 Å². The molecular weight excluding hydrogens is 123 g/mol. The lowest BCUT2D eigenvalue weighted by Crippen LogP contribution is -1.76. The molecule has 6 heavy (non-hydrogen) atoms. The molecule has 0 aromatic rings. The van der Waals surface area contributed by atoms with Crippen molar-refractivity contribution in [2.75, 3.05) is 14.1 Å². The summed E-state index contributed by atoms with van der Waals surface area (Å²) in [6, 6.07) is 0. The van der Waals surface area contributed by atoms with Gasteiger partial charge in [0.15, 0.2) is 0 Å². The highest BCUT2D eigenvalue weighted by molar-refractivity contribution is 6.13. The quantitative estimate of drug-likeness (QED) is 0.473. The standard InChI is InChI=1S/2CH4ClN/c2*1-3-2/h2*3H,1H3. The van der Waals surface area contributed by atoms with E-state index >= 15 is 0 Å². The summed E-state index contributed by atoms with van der Waals surface area (Å²) in [7, 11) is 3.28. The first-order valence-corrected chi connectivity index (χ1v) is 2.13. The van der Waals surface area contributed by atoms with E-state index < -0.39 is 0 Å². The highest BCUT2D eigenvalue weighted by Crippen LogP contribution is 1.38. The van der Waals surface area contributed by atoms with E-state index in [9.17, 15) is 0 Å². The van der Waals surface area contributed by atoms with Crippen molar-refractivity contribution < 1.29 is 0 Å². The molecule has 0 aliphatic heterocycles. The highest BCUT2D eigenvalue weighted by atomic mass is 35.5. The third kappa shape index (κ3) is 221. The van der Waals surface area contributed by atoms with Crippen LogP contribution in [0.25, 0.3) is 0 Å². The van der Waals surface area contributed by atoms with Crippen molar-refractivity contribution in [1.82, 2.24) is 9.67 Å². The van der Waals surface area contributed by atoms with Gasteiger partial charge in [0, 0.05) is 0 Å². The normalized spacial score (nSPS) is 6.00. The lowest BCUT2D eigenvalue weighted by molar-refractivity contribution is 1.28. The second-order valence-corrected chi connectivity index (χ2v) is 1.13. The Morgan fingerprint density at radius 2 is 1.00 bits per heavy atom. The predicted molar refractivity (Wildman–Crippen MR) is 29.8 cm³/mol. The monoisotopic (exact) mass is 130 g/mol. The summed E-state index contributed by atoms with van der Waals surface area (Å²) >= 11 is 9.50. The molecule has 0 saturated heterocycles. The van der Waals surface area contributed by atoms with Crippen molar-refractivity contribution in [3.63, 3.8) is 0 Å². The van der Waals surface area contributed by atoms with Crippen molar-refractivity contribution >= 4 is 23.6 Å². The molecule has 0 aromatic carbocycles. The van der Waals surface area contributed by atoms with Gasteiger partial charge in [-0.15, -0.1) is 0 Å². The van der Waals surface area contributed by atoms with Crippen molar-refractivity contribution in [2.24, 2.45) is 0 Å². The van der Waals surface area contributed by atoms with Crippen LogP contribution in [0.5, 0.6) is 0 Å². The van der Waals surface area contributed by atoms with E-state index in [0.29, 0.717) is 0 Å². The molecular formula is C2H8Cl2N2. The van der Waals surface area contributed by atoms with Crippen molar-refractivity contribution in [3.05, 3.63) is 0 Å². The van der Waals surface area contributed by atoms with E-state index in [1.54, 1.807) is 14.1 Å². The molecule has 2 nitrogen and oxygen atoms in total. The van der Waals surface area contributed by atoms with E-state index in [2.05, 4.69) is 9.67 Å². The summed E-state index contributed by atoms with van der Waals surface area (Å²) in [4.78, 5) is 4.44. The van der Waals surface area contributed by atoms with Gasteiger partial charge in [-0.25, -0.2) is 9.67 Å². The Labute approximate surface area is 48.0 Å². The molecule has 0 aromatic heterocycles. The first-order chi connectivity index (χ1) is 2.83. The highest BCUT2D eigenvalue weighted by Gasteiger charge is 1.30. The van der Waals surface area contributed by atoms with Gasteiger partial charge in [0.05, 0.1) is 0 Å². The summed E-state index contributed by atoms with van der Waals surface area (Å²) in [6.45, 7) is 0. The molecule has 0 fully saturated rings. The molecule has 2 N–H and O–H groups in total. The zero-order chi connectivity index (χ0) is 5.41. The topological polar surface area (TPSA) is 24.1 Å². The number of nitrogens with one attached hydrogen (secondary N) is 2. The first kappa shape index (κ1) is 9.71. The summed E-state index contributed by atoms with van der Waals surface area (Å²) < 4.78 is 0. The minimum Gasteiger partial charge on any atom is -0.237 e. The van der Waals surface area contributed by atoms with Crippen LogP contribution in [-0.2, 0) is 0 Å². The molecule has 0 aliphatic rings. The largest absolute Gasteiger partial charge is 0.237 e. The molecule has 0 unspecified atom stereocenters. The van der Waals surface area contributed by atoms with Gasteiger partial charge in [-0.2, -0.15) is 0 Å². The molecule has 40 valence electrons. The lowest BCUT2D eigenvalue weighted by Gasteiger charge is -1.54. The smallest absolute Gasteiger partial charge is 0.000695 e. The molecule has 4 heteroatoms. The van der Waals surface area contributed by atoms with E-state index in [0.717, 1.165) is 0 Å². The van der Waals surface area contributed by atoms with Gasteiger partial charge < -0.3 is 0 Å². The van der Waals surface area contributed by atoms with Gasteiger partial charge in [-0.1, -0.05) is 0 Å². The zero-order valence-corrected chi connectivity index (χ0v) is 5.27. The molecule has 0 bridgehead atoms. The van der Waals surface area contributed by atoms with Crippen LogP contribution >= 0.6 is 23.6 Å². The Balaban J connectivity index is 0. The maximum atomic E-state index is 4.75. The second kappa shape index (κ2) is 17.8. The fourth-order valence-electron chi connectivity index (χ4n) is 0. The third-order valence-corrected chi connectivity index (χ3v) is 0. The minimum atomic E-state index is 1.64. The Morgan fingerprint density at radius 3 is 1.00 bits per heavy atom. The summed E-state index contributed by atoms with van der Waals surface area (Å²) in [6.07, 6.45) is 0. The fourth-order valence-corrected chi connectivity index (χ4v) is 0. The molecule has 0 spiro atoms. The van der Waals surface area contributed by atoms with Crippen LogP contribution in [-0.4, -0.2) is 14.1 Å². The van der Waals surface area contributed by atoms with Gasteiger partial charge in [-0.3, -0.25) is 0 Å². The van der Waals surface area contributed by atoms with E-state index in [4.69, 9.17) is 23.6 Å². The lowest BCUT2D eigenvalue weighted by atomic mass is 11.6. The molecule has 0 rings (SSSR count). The van der Waals surface area contributed by atoms with Crippen LogP contribution in [0.1, 0.15) is 0 Å². The van der Waals surface area contributed by atoms with Gasteiger partial charge >= 0.3 is 0 Å². The Morgan fingerprint density at radius 1 is 1.00 bits per heavy atom. The van der Waals surface area contributed by atoms with Crippen LogP contribution < -0.4 is 9.67 Å². The summed E-state index contributed by atoms with van der Waals surface area (Å²) in [5.74, 6) is 0. The van der Waals surface area contributed by atoms with Crippen LogP contribution in [0.3, 0.4) is 0 Å². The molecule has 0 atom stereocenters. The molecule has 0 heterocycles. The minimum absolute atomic E-state index is 1.64. The van der Waals surface area contributed by atoms with Gasteiger partial charge in [0.2, 0.25) is 0 Å². The molecule has 0 saturated carbocycles. The Bertz CT molecular complexity index is 11.5. The Kier molecular flexibility index (Phi) is 28.8. The Hall–Kier alpha value is 0.500. The van der Waals surface area contributed by atoms with Crippen molar-refractivity contribution in [2.45, 2.75) is 0 Å². The van der Waals surface area contributed by atoms with Crippen LogP contribution in [0, 0.1) is 0 Å². The SMILES string of the molecule is CNCl.CNCl. The van der Waals surface area contributed by atoms with E-state index in [1.165, 1.54) is 0 Å². The third-order valence-electron chi connectivity index (χ3n) is 0. The average Bonchev–Trinajstić information content (AvgIpc) is 1.39. The fraction of sp³-hybridized carbons (Fsp3) is 1.00. The number of halogens is 2. The van der Waals surface area contributed by atoms with Gasteiger partial charge in [-0.05, 0) is 37.6 Å². The zero-order valence-electron chi connectivity index (χ0n) is 3.76. The first-order valence-electron chi connectivity index (χ1n) is 1.38. The number of rotatable bonds is 0. The summed E-state index contributed by atoms with van der Waals surface area (Å²) in [5.41, 5.74) is 0. The average molecular weight is 131 g/mol. The number of hydrogen-bond acceptors (Lipinski definition) is 2. The molecule has 0 aliphatic carbocycles. The molecule has 0 amide bonds. The maximum absolute atomic E-state index is 4.75. The molecule has 0 radical (unpaired) electrons. The summed E-state index contributed by atoms with van der Waals surface area (Å²) in [5, 5.41) is 0. The van der Waals surface area contributed by atoms with Gasteiger partial charge in [0.1, 0.15) is 0 Å². The van der Waals surface area contributed by atoms with Crippen LogP contribution in [0.2, 0.25) is 0 Å². The van der Waals surface area contributed by atoms with E-state index in [1.807, 2.05) is 0 Å². The number of hydrogen-bond donors (Lipinski definition) is 2.